The minimum absolute atomic E-state index is 0.180. The van der Waals surface area contributed by atoms with Gasteiger partial charge in [-0.2, -0.15) is 0 Å². The summed E-state index contributed by atoms with van der Waals surface area (Å²) in [5.41, 5.74) is 0.950. The quantitative estimate of drug-likeness (QED) is 0.836. The number of carboxylic acid groups (broad SMARTS) is 1. The van der Waals surface area contributed by atoms with Crippen LogP contribution in [-0.2, 0) is 0 Å². The van der Waals surface area contributed by atoms with Crippen molar-refractivity contribution in [3.63, 3.8) is 0 Å². The first kappa shape index (κ1) is 11.5. The van der Waals surface area contributed by atoms with Gasteiger partial charge in [-0.3, -0.25) is 4.98 Å². The molecule has 0 bridgehead atoms. The van der Waals surface area contributed by atoms with E-state index in [-0.39, 0.29) is 5.56 Å². The van der Waals surface area contributed by atoms with E-state index in [4.69, 9.17) is 5.11 Å². The second-order valence-corrected chi connectivity index (χ2v) is 4.34. The number of aromatic nitrogens is 3. The zero-order chi connectivity index (χ0) is 12.3. The van der Waals surface area contributed by atoms with E-state index >= 15 is 0 Å². The molecule has 86 valence electrons. The normalized spacial score (nSPS) is 10.2. The van der Waals surface area contributed by atoms with E-state index in [9.17, 15) is 4.79 Å². The van der Waals surface area contributed by atoms with Crippen molar-refractivity contribution in [1.82, 2.24) is 15.0 Å². The summed E-state index contributed by atoms with van der Waals surface area (Å²) in [7, 11) is 0. The maximum Gasteiger partial charge on any atom is 0.338 e. The third kappa shape index (κ3) is 2.79. The summed E-state index contributed by atoms with van der Waals surface area (Å²) < 4.78 is 0. The van der Waals surface area contributed by atoms with Crippen molar-refractivity contribution in [2.45, 2.75) is 16.8 Å². The molecule has 0 spiro atoms. The molecule has 0 unspecified atom stereocenters. The SMILES string of the molecule is Cc1cc(Sc2ccncn2)c(C(=O)O)cn1. The van der Waals surface area contributed by atoms with Gasteiger partial charge < -0.3 is 5.11 Å². The molecule has 2 aromatic heterocycles. The van der Waals surface area contributed by atoms with Crippen LogP contribution in [0, 0.1) is 6.92 Å². The van der Waals surface area contributed by atoms with Gasteiger partial charge in [-0.15, -0.1) is 0 Å². The number of hydrogen-bond donors (Lipinski definition) is 1. The van der Waals surface area contributed by atoms with E-state index < -0.39 is 5.97 Å². The fourth-order valence-corrected chi connectivity index (χ4v) is 2.16. The van der Waals surface area contributed by atoms with Crippen LogP contribution in [0.1, 0.15) is 16.1 Å². The Bertz CT molecular complexity index is 546. The van der Waals surface area contributed by atoms with E-state index in [1.807, 2.05) is 6.92 Å². The fraction of sp³-hybridized carbons (Fsp3) is 0.0909. The highest BCUT2D eigenvalue weighted by Gasteiger charge is 2.12. The predicted molar refractivity (Wildman–Crippen MR) is 62.1 cm³/mol. The molecule has 0 fully saturated rings. The summed E-state index contributed by atoms with van der Waals surface area (Å²) in [5.74, 6) is -0.992. The monoisotopic (exact) mass is 247 g/mol. The van der Waals surface area contributed by atoms with Crippen molar-refractivity contribution >= 4 is 17.7 Å². The molecule has 0 atom stereocenters. The van der Waals surface area contributed by atoms with Crippen LogP contribution in [-0.4, -0.2) is 26.0 Å². The summed E-state index contributed by atoms with van der Waals surface area (Å²) in [6, 6.07) is 3.46. The number of pyridine rings is 1. The molecule has 0 aliphatic rings. The molecule has 0 aliphatic heterocycles. The number of nitrogens with zero attached hydrogens (tertiary/aromatic N) is 3. The lowest BCUT2D eigenvalue weighted by atomic mass is 10.2. The molecule has 0 aliphatic carbocycles. The van der Waals surface area contributed by atoms with Gasteiger partial charge in [0.2, 0.25) is 0 Å². The third-order valence-electron chi connectivity index (χ3n) is 2.00. The first-order valence-electron chi connectivity index (χ1n) is 4.80. The van der Waals surface area contributed by atoms with E-state index in [0.29, 0.717) is 9.92 Å². The lowest BCUT2D eigenvalue weighted by Crippen LogP contribution is -2.00. The van der Waals surface area contributed by atoms with Gasteiger partial charge in [0.1, 0.15) is 11.4 Å². The van der Waals surface area contributed by atoms with Gasteiger partial charge in [-0.1, -0.05) is 11.8 Å². The highest BCUT2D eigenvalue weighted by Crippen LogP contribution is 2.28. The van der Waals surface area contributed by atoms with Gasteiger partial charge in [0.25, 0.3) is 0 Å². The van der Waals surface area contributed by atoms with E-state index in [1.165, 1.54) is 24.3 Å². The molecule has 2 rings (SSSR count). The lowest BCUT2D eigenvalue weighted by molar-refractivity contribution is 0.0692. The highest BCUT2D eigenvalue weighted by atomic mass is 32.2. The largest absolute Gasteiger partial charge is 0.478 e. The summed E-state index contributed by atoms with van der Waals surface area (Å²) in [5, 5.41) is 9.75. The van der Waals surface area contributed by atoms with Crippen molar-refractivity contribution in [2.75, 3.05) is 0 Å². The molecule has 2 aromatic rings. The number of hydrogen-bond acceptors (Lipinski definition) is 5. The standard InChI is InChI=1S/C11H9N3O2S/c1-7-4-9(8(5-13-7)11(15)16)17-10-2-3-12-6-14-10/h2-6H,1H3,(H,15,16). The molecule has 0 amide bonds. The molecular weight excluding hydrogens is 238 g/mol. The number of carboxylic acids is 1. The second-order valence-electron chi connectivity index (χ2n) is 3.28. The molecule has 0 saturated heterocycles. The molecular formula is C11H9N3O2S. The Kier molecular flexibility index (Phi) is 3.34. The van der Waals surface area contributed by atoms with Crippen LogP contribution in [0.3, 0.4) is 0 Å². The van der Waals surface area contributed by atoms with Crippen molar-refractivity contribution in [3.05, 3.63) is 42.1 Å². The summed E-state index contributed by atoms with van der Waals surface area (Å²) in [6.07, 6.45) is 4.40. The van der Waals surface area contributed by atoms with Crippen molar-refractivity contribution in [3.8, 4) is 0 Å². The molecule has 0 saturated carbocycles. The van der Waals surface area contributed by atoms with Crippen LogP contribution in [0.4, 0.5) is 0 Å². The van der Waals surface area contributed by atoms with Crippen LogP contribution >= 0.6 is 11.8 Å². The van der Waals surface area contributed by atoms with Crippen molar-refractivity contribution in [2.24, 2.45) is 0 Å². The summed E-state index contributed by atoms with van der Waals surface area (Å²) in [4.78, 5) is 23.5. The lowest BCUT2D eigenvalue weighted by Gasteiger charge is -2.05. The molecule has 17 heavy (non-hydrogen) atoms. The molecule has 2 heterocycles. The Morgan fingerprint density at radius 2 is 2.24 bits per heavy atom. The van der Waals surface area contributed by atoms with Crippen LogP contribution in [0.5, 0.6) is 0 Å². The minimum Gasteiger partial charge on any atom is -0.478 e. The van der Waals surface area contributed by atoms with Crippen LogP contribution < -0.4 is 0 Å². The van der Waals surface area contributed by atoms with E-state index in [0.717, 1.165) is 5.69 Å². The van der Waals surface area contributed by atoms with Crippen molar-refractivity contribution in [1.29, 1.82) is 0 Å². The Balaban J connectivity index is 2.37. The zero-order valence-corrected chi connectivity index (χ0v) is 9.81. The third-order valence-corrected chi connectivity index (χ3v) is 3.01. The topological polar surface area (TPSA) is 76.0 Å². The zero-order valence-electron chi connectivity index (χ0n) is 8.99. The number of carbonyl (C=O) groups is 1. The first-order chi connectivity index (χ1) is 8.16. The van der Waals surface area contributed by atoms with E-state index in [1.54, 1.807) is 18.3 Å². The first-order valence-corrected chi connectivity index (χ1v) is 5.62. The molecule has 0 aromatic carbocycles. The summed E-state index contributed by atoms with van der Waals surface area (Å²) >= 11 is 1.28. The van der Waals surface area contributed by atoms with Gasteiger partial charge >= 0.3 is 5.97 Å². The molecule has 1 N–H and O–H groups in total. The van der Waals surface area contributed by atoms with E-state index in [2.05, 4.69) is 15.0 Å². The Morgan fingerprint density at radius 3 is 2.88 bits per heavy atom. The molecule has 5 nitrogen and oxygen atoms in total. The fourth-order valence-electron chi connectivity index (χ4n) is 1.23. The average Bonchev–Trinajstić information content (AvgIpc) is 2.30. The minimum atomic E-state index is -0.992. The van der Waals surface area contributed by atoms with Crippen molar-refractivity contribution < 1.29 is 9.90 Å². The maximum atomic E-state index is 11.0. The molecule has 0 radical (unpaired) electrons. The van der Waals surface area contributed by atoms with Crippen LogP contribution in [0.15, 0.2) is 40.8 Å². The van der Waals surface area contributed by atoms with Gasteiger partial charge in [0.05, 0.1) is 5.56 Å². The summed E-state index contributed by atoms with van der Waals surface area (Å²) in [6.45, 7) is 1.82. The van der Waals surface area contributed by atoms with Crippen LogP contribution in [0.2, 0.25) is 0 Å². The van der Waals surface area contributed by atoms with Crippen LogP contribution in [0.25, 0.3) is 0 Å². The number of aromatic carboxylic acids is 1. The van der Waals surface area contributed by atoms with Gasteiger partial charge in [0, 0.05) is 23.0 Å². The maximum absolute atomic E-state index is 11.0. The Hall–Kier alpha value is -1.95. The van der Waals surface area contributed by atoms with Gasteiger partial charge in [0.15, 0.2) is 0 Å². The van der Waals surface area contributed by atoms with Gasteiger partial charge in [-0.25, -0.2) is 14.8 Å². The Labute approximate surface area is 102 Å². The number of aryl methyl sites for hydroxylation is 1. The highest BCUT2D eigenvalue weighted by molar-refractivity contribution is 7.99. The van der Waals surface area contributed by atoms with Gasteiger partial charge in [-0.05, 0) is 19.1 Å². The predicted octanol–water partition coefficient (Wildman–Crippen LogP) is 2.03. The smallest absolute Gasteiger partial charge is 0.338 e. The second kappa shape index (κ2) is 4.92. The Morgan fingerprint density at radius 1 is 1.41 bits per heavy atom. The average molecular weight is 247 g/mol. The number of rotatable bonds is 3. The molecule has 6 heteroatoms.